The highest BCUT2D eigenvalue weighted by Gasteiger charge is 2.48. The van der Waals surface area contributed by atoms with Crippen LogP contribution in [0.2, 0.25) is 5.02 Å². The molecule has 6 heteroatoms. The van der Waals surface area contributed by atoms with Crippen molar-refractivity contribution in [1.29, 1.82) is 0 Å². The molecule has 1 aromatic rings. The van der Waals surface area contributed by atoms with Crippen molar-refractivity contribution in [2.75, 3.05) is 13.2 Å². The summed E-state index contributed by atoms with van der Waals surface area (Å²) in [5.41, 5.74) is 1.07. The number of fused-ring (bicyclic) bond motifs is 1. The lowest BCUT2D eigenvalue weighted by atomic mass is 10.0. The van der Waals surface area contributed by atoms with Crippen LogP contribution in [-0.2, 0) is 16.1 Å². The first kappa shape index (κ1) is 15.7. The summed E-state index contributed by atoms with van der Waals surface area (Å²) in [5.74, 6) is 0.000613. The zero-order chi connectivity index (χ0) is 15.7. The number of amides is 1. The van der Waals surface area contributed by atoms with Crippen molar-refractivity contribution in [2.24, 2.45) is 5.92 Å². The highest BCUT2D eigenvalue weighted by Crippen LogP contribution is 2.34. The largest absolute Gasteiger partial charge is 0.376 e. The van der Waals surface area contributed by atoms with E-state index >= 15 is 0 Å². The molecule has 22 heavy (non-hydrogen) atoms. The van der Waals surface area contributed by atoms with Crippen LogP contribution in [0.3, 0.4) is 0 Å². The summed E-state index contributed by atoms with van der Waals surface area (Å²) >= 11 is 6.01. The Morgan fingerprint density at radius 1 is 1.55 bits per heavy atom. The number of hydrogen-bond acceptors (Lipinski definition) is 4. The Bertz CT molecular complexity index is 552. The molecular weight excluding hydrogens is 302 g/mol. The van der Waals surface area contributed by atoms with Gasteiger partial charge < -0.3 is 10.1 Å². The van der Waals surface area contributed by atoms with Crippen LogP contribution >= 0.6 is 11.6 Å². The molecule has 2 fully saturated rings. The van der Waals surface area contributed by atoms with Gasteiger partial charge in [0, 0.05) is 44.2 Å². The number of carbonyl (C=O) groups excluding carboxylic acids is 1. The maximum atomic E-state index is 12.4. The number of likely N-dealkylation sites (tertiary alicyclic amines) is 1. The number of aromatic nitrogens is 1. The van der Waals surface area contributed by atoms with Crippen LogP contribution in [0.4, 0.5) is 0 Å². The molecule has 2 saturated heterocycles. The number of halogens is 1. The third kappa shape index (κ3) is 3.26. The van der Waals surface area contributed by atoms with E-state index in [4.69, 9.17) is 16.3 Å². The first-order valence-electron chi connectivity index (χ1n) is 7.80. The number of nitrogens with zero attached hydrogens (tertiary/aromatic N) is 2. The summed E-state index contributed by atoms with van der Waals surface area (Å²) in [6.45, 7) is 6.17. The zero-order valence-electron chi connectivity index (χ0n) is 13.0. The quantitative estimate of drug-likeness (QED) is 0.919. The van der Waals surface area contributed by atoms with Gasteiger partial charge in [0.2, 0.25) is 5.91 Å². The third-order valence-corrected chi connectivity index (χ3v) is 4.52. The number of ether oxygens (including phenoxy) is 1. The number of carbonyl (C=O) groups is 1. The van der Waals surface area contributed by atoms with Crippen LogP contribution in [0.15, 0.2) is 18.5 Å². The first-order valence-corrected chi connectivity index (χ1v) is 8.18. The Kier molecular flexibility index (Phi) is 4.66. The molecule has 3 atom stereocenters. The van der Waals surface area contributed by atoms with E-state index < -0.39 is 0 Å². The Balaban J connectivity index is 1.72. The highest BCUT2D eigenvalue weighted by atomic mass is 35.5. The van der Waals surface area contributed by atoms with Crippen molar-refractivity contribution in [1.82, 2.24) is 15.2 Å². The summed E-state index contributed by atoms with van der Waals surface area (Å²) < 4.78 is 5.84. The number of nitrogens with one attached hydrogen (secondary N) is 1. The molecular formula is C16H22ClN3O2. The normalized spacial score (nSPS) is 28.1. The van der Waals surface area contributed by atoms with Gasteiger partial charge in [0.15, 0.2) is 0 Å². The Hall–Kier alpha value is -1.17. The monoisotopic (exact) mass is 323 g/mol. The second-order valence-corrected chi connectivity index (χ2v) is 6.84. The molecule has 0 radical (unpaired) electrons. The Morgan fingerprint density at radius 2 is 2.36 bits per heavy atom. The van der Waals surface area contributed by atoms with Crippen LogP contribution < -0.4 is 5.32 Å². The smallest absolute Gasteiger partial charge is 0.227 e. The Labute approximate surface area is 136 Å². The lowest BCUT2D eigenvalue weighted by molar-refractivity contribution is -0.128. The van der Waals surface area contributed by atoms with Gasteiger partial charge >= 0.3 is 0 Å². The molecule has 3 heterocycles. The lowest BCUT2D eigenvalue weighted by Crippen LogP contribution is -2.41. The van der Waals surface area contributed by atoms with Crippen LogP contribution in [0.25, 0.3) is 0 Å². The molecule has 0 saturated carbocycles. The number of rotatable bonds is 4. The summed E-state index contributed by atoms with van der Waals surface area (Å²) in [5, 5.41) is 3.66. The van der Waals surface area contributed by atoms with Gasteiger partial charge in [-0.25, -0.2) is 0 Å². The van der Waals surface area contributed by atoms with Gasteiger partial charge in [-0.1, -0.05) is 11.6 Å². The summed E-state index contributed by atoms with van der Waals surface area (Å²) in [4.78, 5) is 18.9. The fourth-order valence-electron chi connectivity index (χ4n) is 3.45. The molecule has 1 N–H and O–H groups in total. The van der Waals surface area contributed by atoms with Gasteiger partial charge in [0.05, 0.1) is 17.0 Å². The predicted molar refractivity (Wildman–Crippen MR) is 84.6 cm³/mol. The average Bonchev–Trinajstić information content (AvgIpc) is 3.01. The SMILES string of the molecule is CC(C)NC(=O)[C@H]1CN(Cc2cncc(Cl)c2)[C@@H]2CCO[C@H]12. The average molecular weight is 324 g/mol. The molecule has 5 nitrogen and oxygen atoms in total. The van der Waals surface area contributed by atoms with Gasteiger partial charge in [0.25, 0.3) is 0 Å². The van der Waals surface area contributed by atoms with Crippen LogP contribution in [0.5, 0.6) is 0 Å². The fraction of sp³-hybridized carbons (Fsp3) is 0.625. The fourth-order valence-corrected chi connectivity index (χ4v) is 3.65. The molecule has 1 aromatic heterocycles. The Morgan fingerprint density at radius 3 is 3.09 bits per heavy atom. The number of hydrogen-bond donors (Lipinski definition) is 1. The third-order valence-electron chi connectivity index (χ3n) is 4.31. The van der Waals surface area contributed by atoms with E-state index in [1.807, 2.05) is 26.1 Å². The maximum absolute atomic E-state index is 12.4. The van der Waals surface area contributed by atoms with Gasteiger partial charge in [-0.05, 0) is 31.9 Å². The first-order chi connectivity index (χ1) is 10.5. The van der Waals surface area contributed by atoms with E-state index in [2.05, 4.69) is 15.2 Å². The molecule has 2 aliphatic heterocycles. The maximum Gasteiger partial charge on any atom is 0.227 e. The summed E-state index contributed by atoms with van der Waals surface area (Å²) in [6.07, 6.45) is 4.45. The zero-order valence-corrected chi connectivity index (χ0v) is 13.7. The van der Waals surface area contributed by atoms with E-state index in [-0.39, 0.29) is 24.0 Å². The molecule has 3 rings (SSSR count). The minimum atomic E-state index is -0.0953. The van der Waals surface area contributed by atoms with Gasteiger partial charge in [0.1, 0.15) is 0 Å². The summed E-state index contributed by atoms with van der Waals surface area (Å²) in [7, 11) is 0. The van der Waals surface area contributed by atoms with E-state index in [1.165, 1.54) is 0 Å². The van der Waals surface area contributed by atoms with Crippen molar-refractivity contribution < 1.29 is 9.53 Å². The molecule has 2 aliphatic rings. The van der Waals surface area contributed by atoms with E-state index in [1.54, 1.807) is 6.20 Å². The molecule has 0 bridgehead atoms. The molecule has 1 amide bonds. The van der Waals surface area contributed by atoms with Crippen LogP contribution in [-0.4, -0.2) is 47.1 Å². The highest BCUT2D eigenvalue weighted by molar-refractivity contribution is 6.30. The van der Waals surface area contributed by atoms with Gasteiger partial charge in [-0.15, -0.1) is 0 Å². The second kappa shape index (κ2) is 6.52. The molecule has 0 spiro atoms. The standard InChI is InChI=1S/C16H22ClN3O2/c1-10(2)19-16(21)13-9-20(14-3-4-22-15(13)14)8-11-5-12(17)7-18-6-11/h5-7,10,13-15H,3-4,8-9H2,1-2H3,(H,19,21)/t13-,14+,15+/m0/s1. The van der Waals surface area contributed by atoms with Crippen LogP contribution in [0.1, 0.15) is 25.8 Å². The molecule has 0 aromatic carbocycles. The van der Waals surface area contributed by atoms with Crippen molar-refractivity contribution in [3.05, 3.63) is 29.0 Å². The van der Waals surface area contributed by atoms with Gasteiger partial charge in [-0.2, -0.15) is 0 Å². The predicted octanol–water partition coefficient (Wildman–Crippen LogP) is 1.85. The molecule has 0 unspecified atom stereocenters. The van der Waals surface area contributed by atoms with Crippen molar-refractivity contribution in [2.45, 2.75) is 45.0 Å². The van der Waals surface area contributed by atoms with Crippen molar-refractivity contribution in [3.63, 3.8) is 0 Å². The van der Waals surface area contributed by atoms with Crippen LogP contribution in [0, 0.1) is 5.92 Å². The van der Waals surface area contributed by atoms with E-state index in [9.17, 15) is 4.79 Å². The molecule has 0 aliphatic carbocycles. The number of pyridine rings is 1. The molecule has 120 valence electrons. The minimum Gasteiger partial charge on any atom is -0.376 e. The van der Waals surface area contributed by atoms with Crippen molar-refractivity contribution in [3.8, 4) is 0 Å². The second-order valence-electron chi connectivity index (χ2n) is 6.40. The van der Waals surface area contributed by atoms with Gasteiger partial charge in [-0.3, -0.25) is 14.7 Å². The lowest BCUT2D eigenvalue weighted by Gasteiger charge is -2.22. The topological polar surface area (TPSA) is 54.5 Å². The minimum absolute atomic E-state index is 0.00546. The van der Waals surface area contributed by atoms with E-state index in [0.717, 1.165) is 31.7 Å². The van der Waals surface area contributed by atoms with E-state index in [0.29, 0.717) is 11.1 Å². The van der Waals surface area contributed by atoms with Crippen molar-refractivity contribution >= 4 is 17.5 Å². The summed E-state index contributed by atoms with van der Waals surface area (Å²) in [6, 6.07) is 2.39.